The van der Waals surface area contributed by atoms with Crippen molar-refractivity contribution in [3.63, 3.8) is 0 Å². The van der Waals surface area contributed by atoms with Crippen molar-refractivity contribution in [2.75, 3.05) is 0 Å². The molecule has 90 valence electrons. The Labute approximate surface area is 90.1 Å². The first-order chi connectivity index (χ1) is 7.35. The summed E-state index contributed by atoms with van der Waals surface area (Å²) in [7, 11) is 0. The highest BCUT2D eigenvalue weighted by Crippen LogP contribution is 2.19. The molecule has 1 fully saturated rings. The maximum absolute atomic E-state index is 11.3. The van der Waals surface area contributed by atoms with E-state index in [4.69, 9.17) is 10.2 Å². The number of carboxylic acid groups (broad SMARTS) is 2. The summed E-state index contributed by atoms with van der Waals surface area (Å²) in [5.41, 5.74) is 2.18. The molecule has 8 heteroatoms. The summed E-state index contributed by atoms with van der Waals surface area (Å²) in [5, 5.41) is 17.1. The number of hydroxylamine groups is 1. The van der Waals surface area contributed by atoms with E-state index in [1.807, 2.05) is 0 Å². The maximum atomic E-state index is 11.3. The van der Waals surface area contributed by atoms with E-state index in [1.54, 1.807) is 0 Å². The van der Waals surface area contributed by atoms with Crippen LogP contribution in [0.3, 0.4) is 0 Å². The number of nitrogens with one attached hydrogen (secondary N) is 1. The molecule has 16 heavy (non-hydrogen) atoms. The number of aliphatic carboxylic acids is 2. The molecule has 1 rings (SSSR count). The largest absolute Gasteiger partial charge is 0.481 e. The fourth-order valence-electron chi connectivity index (χ4n) is 1.05. The molecule has 1 aliphatic heterocycles. The van der Waals surface area contributed by atoms with Crippen molar-refractivity contribution in [2.24, 2.45) is 0 Å². The van der Waals surface area contributed by atoms with Gasteiger partial charge < -0.3 is 14.9 Å². The van der Waals surface area contributed by atoms with Gasteiger partial charge in [-0.2, -0.15) is 5.48 Å². The molecule has 0 bridgehead atoms. The van der Waals surface area contributed by atoms with Crippen molar-refractivity contribution in [3.05, 3.63) is 0 Å². The average Bonchev–Trinajstić information content (AvgIpc) is 2.16. The van der Waals surface area contributed by atoms with Crippen LogP contribution < -0.4 is 5.48 Å². The van der Waals surface area contributed by atoms with Gasteiger partial charge in [0.2, 0.25) is 0 Å². The molecule has 1 aliphatic rings. The highest BCUT2D eigenvalue weighted by atomic mass is 16.8. The first-order valence-electron chi connectivity index (χ1n) is 4.47. The minimum Gasteiger partial charge on any atom is -0.481 e. The van der Waals surface area contributed by atoms with Gasteiger partial charge in [-0.05, 0) is 6.42 Å². The Kier molecular flexibility index (Phi) is 3.45. The van der Waals surface area contributed by atoms with Crippen LogP contribution in [0.1, 0.15) is 19.8 Å². The summed E-state index contributed by atoms with van der Waals surface area (Å²) in [6.07, 6.45) is -0.288. The van der Waals surface area contributed by atoms with Crippen LogP contribution in [0.2, 0.25) is 0 Å². The minimum atomic E-state index is -2.07. The van der Waals surface area contributed by atoms with Crippen molar-refractivity contribution in [1.82, 2.24) is 5.48 Å². The summed E-state index contributed by atoms with van der Waals surface area (Å²) < 4.78 is 4.56. The second-order valence-corrected chi connectivity index (χ2v) is 3.38. The van der Waals surface area contributed by atoms with Gasteiger partial charge in [-0.3, -0.25) is 9.59 Å². The van der Waals surface area contributed by atoms with Gasteiger partial charge in [-0.25, -0.2) is 9.63 Å². The van der Waals surface area contributed by atoms with Gasteiger partial charge in [-0.1, -0.05) is 0 Å². The smallest absolute Gasteiger partial charge is 0.378 e. The number of carboxylic acids is 2. The molecule has 3 N–H and O–H groups in total. The van der Waals surface area contributed by atoms with E-state index in [-0.39, 0.29) is 12.8 Å². The number of ether oxygens (including phenoxy) is 1. The van der Waals surface area contributed by atoms with Crippen LogP contribution in [-0.2, 0) is 24.0 Å². The number of carbonyl (C=O) groups excluding carboxylic acids is 1. The summed E-state index contributed by atoms with van der Waals surface area (Å²) in [4.78, 5) is 36.9. The molecule has 0 radical (unpaired) electrons. The number of hydrogen-bond acceptors (Lipinski definition) is 6. The molecule has 0 aliphatic carbocycles. The molecule has 0 aromatic rings. The normalized spacial score (nSPS) is 29.6. The fraction of sp³-hybridized carbons (Fsp3) is 0.625. The van der Waals surface area contributed by atoms with Crippen LogP contribution >= 0.6 is 0 Å². The molecule has 1 saturated heterocycles. The van der Waals surface area contributed by atoms with E-state index in [1.165, 1.54) is 0 Å². The third kappa shape index (κ3) is 2.67. The Morgan fingerprint density at radius 2 is 2.12 bits per heavy atom. The summed E-state index contributed by atoms with van der Waals surface area (Å²) >= 11 is 0. The molecule has 2 atom stereocenters. The molecule has 0 spiro atoms. The molecular weight excluding hydrogens is 222 g/mol. The lowest BCUT2D eigenvalue weighted by Crippen LogP contribution is -2.57. The quantitative estimate of drug-likeness (QED) is 0.534. The van der Waals surface area contributed by atoms with Gasteiger partial charge in [0.05, 0.1) is 0 Å². The second-order valence-electron chi connectivity index (χ2n) is 3.38. The van der Waals surface area contributed by atoms with E-state index in [0.29, 0.717) is 0 Å². The Balaban J connectivity index is 2.56. The van der Waals surface area contributed by atoms with Crippen molar-refractivity contribution in [3.8, 4) is 0 Å². The Hall–Kier alpha value is -1.67. The number of hydrogen-bond donors (Lipinski definition) is 3. The number of rotatable bonds is 4. The predicted octanol–water partition coefficient (Wildman–Crippen LogP) is -0.901. The second kappa shape index (κ2) is 4.45. The van der Waals surface area contributed by atoms with Crippen molar-refractivity contribution in [2.45, 2.75) is 31.6 Å². The van der Waals surface area contributed by atoms with Crippen LogP contribution in [0.5, 0.6) is 0 Å². The topological polar surface area (TPSA) is 122 Å². The van der Waals surface area contributed by atoms with Gasteiger partial charge in [0.1, 0.15) is 6.04 Å². The summed E-state index contributed by atoms with van der Waals surface area (Å²) in [6, 6.07) is -0.969. The van der Waals surface area contributed by atoms with Gasteiger partial charge in [0.25, 0.3) is 0 Å². The monoisotopic (exact) mass is 233 g/mol. The predicted molar refractivity (Wildman–Crippen MR) is 47.0 cm³/mol. The zero-order valence-electron chi connectivity index (χ0n) is 8.43. The lowest BCUT2D eigenvalue weighted by Gasteiger charge is -2.33. The third-order valence-electron chi connectivity index (χ3n) is 2.01. The molecule has 0 saturated carbocycles. The SMILES string of the molecule is CC1(C(=O)O)ON[C@@H](CCC(=O)O)C(=O)O1. The van der Waals surface area contributed by atoms with Crippen molar-refractivity contribution in [1.29, 1.82) is 0 Å². The minimum absolute atomic E-state index is 0.0378. The summed E-state index contributed by atoms with van der Waals surface area (Å²) in [5.74, 6) is -5.44. The van der Waals surface area contributed by atoms with Crippen LogP contribution in [0, 0.1) is 0 Å². The van der Waals surface area contributed by atoms with E-state index in [0.717, 1.165) is 6.92 Å². The lowest BCUT2D eigenvalue weighted by molar-refractivity contribution is -0.278. The van der Waals surface area contributed by atoms with E-state index in [9.17, 15) is 14.4 Å². The zero-order valence-corrected chi connectivity index (χ0v) is 8.43. The highest BCUT2D eigenvalue weighted by molar-refractivity contribution is 5.83. The zero-order chi connectivity index (χ0) is 12.3. The number of cyclic esters (lactones) is 1. The van der Waals surface area contributed by atoms with Gasteiger partial charge >= 0.3 is 23.7 Å². The van der Waals surface area contributed by atoms with Gasteiger partial charge in [0, 0.05) is 13.3 Å². The van der Waals surface area contributed by atoms with Crippen molar-refractivity contribution < 1.29 is 34.2 Å². The lowest BCUT2D eigenvalue weighted by atomic mass is 10.1. The van der Waals surface area contributed by atoms with Crippen LogP contribution in [0.4, 0.5) is 0 Å². The maximum Gasteiger partial charge on any atom is 0.378 e. The molecule has 1 unspecified atom stereocenters. The third-order valence-corrected chi connectivity index (χ3v) is 2.01. The standard InChI is InChI=1S/C8H11NO7/c1-8(7(13)14)15-6(12)4(9-16-8)2-3-5(10)11/h4,9H,2-3H2,1H3,(H,10,11)(H,13,14)/t4-,8?/m0/s1. The Bertz CT molecular complexity index is 328. The molecule has 0 aromatic carbocycles. The number of esters is 1. The first-order valence-corrected chi connectivity index (χ1v) is 4.47. The van der Waals surface area contributed by atoms with Crippen LogP contribution in [0.15, 0.2) is 0 Å². The Morgan fingerprint density at radius 3 is 2.56 bits per heavy atom. The highest BCUT2D eigenvalue weighted by Gasteiger charge is 2.46. The van der Waals surface area contributed by atoms with Crippen LogP contribution in [-0.4, -0.2) is 39.9 Å². The van der Waals surface area contributed by atoms with Gasteiger partial charge in [0.15, 0.2) is 0 Å². The molecule has 0 amide bonds. The van der Waals surface area contributed by atoms with E-state index < -0.39 is 29.7 Å². The number of carbonyl (C=O) groups is 3. The molecule has 0 aromatic heterocycles. The average molecular weight is 233 g/mol. The summed E-state index contributed by atoms with van der Waals surface area (Å²) in [6.45, 7) is 1.06. The van der Waals surface area contributed by atoms with Crippen molar-refractivity contribution >= 4 is 17.9 Å². The Morgan fingerprint density at radius 1 is 1.50 bits per heavy atom. The van der Waals surface area contributed by atoms with Crippen LogP contribution in [0.25, 0.3) is 0 Å². The first kappa shape index (κ1) is 12.4. The van der Waals surface area contributed by atoms with Gasteiger partial charge in [-0.15, -0.1) is 0 Å². The molecule has 1 heterocycles. The molecule has 8 nitrogen and oxygen atoms in total. The fourth-order valence-corrected chi connectivity index (χ4v) is 1.05. The van der Waals surface area contributed by atoms with E-state index in [2.05, 4.69) is 15.1 Å². The van der Waals surface area contributed by atoms with E-state index >= 15 is 0 Å². The molecular formula is C8H11NO7.